The summed E-state index contributed by atoms with van der Waals surface area (Å²) in [5.41, 5.74) is 0. The zero-order valence-corrected chi connectivity index (χ0v) is 8.91. The van der Waals surface area contributed by atoms with Crippen LogP contribution in [0.2, 0.25) is 0 Å². The monoisotopic (exact) mass is 199 g/mol. The number of methoxy groups -OCH3 is 1. The van der Waals surface area contributed by atoms with Crippen LogP contribution in [0.4, 0.5) is 0 Å². The molecule has 0 aliphatic heterocycles. The van der Waals surface area contributed by atoms with Crippen molar-refractivity contribution < 1.29 is 9.15 Å². The summed E-state index contributed by atoms with van der Waals surface area (Å²) in [6, 6.07) is 0. The molecule has 0 radical (unpaired) electrons. The van der Waals surface area contributed by atoms with Gasteiger partial charge in [-0.05, 0) is 19.9 Å². The molecule has 0 aliphatic carbocycles. The number of nitrogens with one attached hydrogen (secondary N) is 1. The maximum absolute atomic E-state index is 5.37. The summed E-state index contributed by atoms with van der Waals surface area (Å²) in [5, 5.41) is 11.0. The van der Waals surface area contributed by atoms with Gasteiger partial charge in [-0.2, -0.15) is 0 Å². The van der Waals surface area contributed by atoms with E-state index in [0.717, 1.165) is 13.0 Å². The molecule has 80 valence electrons. The van der Waals surface area contributed by atoms with Crippen LogP contribution in [0, 0.1) is 0 Å². The second kappa shape index (κ2) is 5.72. The molecule has 0 spiro atoms. The van der Waals surface area contributed by atoms with Gasteiger partial charge in [-0.15, -0.1) is 10.2 Å². The van der Waals surface area contributed by atoms with E-state index < -0.39 is 0 Å². The SMILES string of the molecule is CCCNCc1nnc(C(C)OC)o1. The highest BCUT2D eigenvalue weighted by molar-refractivity contribution is 4.84. The first kappa shape index (κ1) is 11.1. The maximum atomic E-state index is 5.37. The average molecular weight is 199 g/mol. The van der Waals surface area contributed by atoms with E-state index in [9.17, 15) is 0 Å². The van der Waals surface area contributed by atoms with E-state index in [1.807, 2.05) is 6.92 Å². The summed E-state index contributed by atoms with van der Waals surface area (Å²) >= 11 is 0. The van der Waals surface area contributed by atoms with Crippen LogP contribution in [-0.2, 0) is 11.3 Å². The molecule has 0 saturated heterocycles. The van der Waals surface area contributed by atoms with Crippen molar-refractivity contribution in [2.75, 3.05) is 13.7 Å². The molecule has 1 atom stereocenters. The zero-order valence-electron chi connectivity index (χ0n) is 8.91. The van der Waals surface area contributed by atoms with Crippen LogP contribution in [0.5, 0.6) is 0 Å². The van der Waals surface area contributed by atoms with Gasteiger partial charge in [-0.3, -0.25) is 0 Å². The van der Waals surface area contributed by atoms with Gasteiger partial charge in [0.15, 0.2) is 0 Å². The van der Waals surface area contributed by atoms with E-state index >= 15 is 0 Å². The molecular formula is C9H17N3O2. The highest BCUT2D eigenvalue weighted by Crippen LogP contribution is 2.13. The number of rotatable bonds is 6. The van der Waals surface area contributed by atoms with Crippen molar-refractivity contribution in [2.24, 2.45) is 0 Å². The third kappa shape index (κ3) is 3.08. The molecule has 14 heavy (non-hydrogen) atoms. The third-order valence-corrected chi connectivity index (χ3v) is 1.89. The van der Waals surface area contributed by atoms with Crippen molar-refractivity contribution in [1.29, 1.82) is 0 Å². The van der Waals surface area contributed by atoms with Crippen molar-refractivity contribution in [3.63, 3.8) is 0 Å². The number of nitrogens with zero attached hydrogens (tertiary/aromatic N) is 2. The number of hydrogen-bond acceptors (Lipinski definition) is 5. The van der Waals surface area contributed by atoms with Gasteiger partial charge in [-0.25, -0.2) is 0 Å². The van der Waals surface area contributed by atoms with Crippen molar-refractivity contribution in [1.82, 2.24) is 15.5 Å². The molecule has 1 rings (SSSR count). The first-order valence-corrected chi connectivity index (χ1v) is 4.83. The molecular weight excluding hydrogens is 182 g/mol. The average Bonchev–Trinajstić information content (AvgIpc) is 2.66. The van der Waals surface area contributed by atoms with E-state index in [1.54, 1.807) is 7.11 Å². The lowest BCUT2D eigenvalue weighted by atomic mass is 10.4. The minimum absolute atomic E-state index is 0.137. The smallest absolute Gasteiger partial charge is 0.244 e. The molecule has 0 bridgehead atoms. The van der Waals surface area contributed by atoms with Crippen LogP contribution >= 0.6 is 0 Å². The van der Waals surface area contributed by atoms with Gasteiger partial charge < -0.3 is 14.5 Å². The molecule has 5 heteroatoms. The fourth-order valence-electron chi connectivity index (χ4n) is 0.975. The molecule has 5 nitrogen and oxygen atoms in total. The minimum Gasteiger partial charge on any atom is -0.421 e. The van der Waals surface area contributed by atoms with Crippen LogP contribution in [0.3, 0.4) is 0 Å². The van der Waals surface area contributed by atoms with Gasteiger partial charge in [0.1, 0.15) is 6.10 Å². The summed E-state index contributed by atoms with van der Waals surface area (Å²) in [5.74, 6) is 1.14. The Labute approximate surface area is 83.9 Å². The molecule has 0 saturated carbocycles. The quantitative estimate of drug-likeness (QED) is 0.699. The maximum Gasteiger partial charge on any atom is 0.244 e. The Kier molecular flexibility index (Phi) is 4.55. The van der Waals surface area contributed by atoms with E-state index in [1.165, 1.54) is 0 Å². The Morgan fingerprint density at radius 3 is 2.93 bits per heavy atom. The van der Waals surface area contributed by atoms with Gasteiger partial charge in [0.05, 0.1) is 6.54 Å². The van der Waals surface area contributed by atoms with Crippen molar-refractivity contribution >= 4 is 0 Å². The Hall–Kier alpha value is -0.940. The van der Waals surface area contributed by atoms with E-state index in [-0.39, 0.29) is 6.10 Å². The van der Waals surface area contributed by atoms with Gasteiger partial charge in [0.25, 0.3) is 0 Å². The predicted molar refractivity (Wildman–Crippen MR) is 51.7 cm³/mol. The number of ether oxygens (including phenoxy) is 1. The minimum atomic E-state index is -0.137. The number of hydrogen-bond donors (Lipinski definition) is 1. The van der Waals surface area contributed by atoms with Crippen LogP contribution < -0.4 is 5.32 Å². The fraction of sp³-hybridized carbons (Fsp3) is 0.778. The Morgan fingerprint density at radius 1 is 1.50 bits per heavy atom. The first-order valence-electron chi connectivity index (χ1n) is 4.83. The highest BCUT2D eigenvalue weighted by atomic mass is 16.5. The molecule has 1 aromatic heterocycles. The van der Waals surface area contributed by atoms with Crippen LogP contribution in [-0.4, -0.2) is 23.9 Å². The number of aromatic nitrogens is 2. The molecule has 0 fully saturated rings. The van der Waals surface area contributed by atoms with Crippen LogP contribution in [0.15, 0.2) is 4.42 Å². The first-order chi connectivity index (χ1) is 6.77. The van der Waals surface area contributed by atoms with Crippen molar-refractivity contribution in [3.05, 3.63) is 11.8 Å². The lowest BCUT2D eigenvalue weighted by Gasteiger charge is -2.01. The van der Waals surface area contributed by atoms with Crippen molar-refractivity contribution in [3.8, 4) is 0 Å². The van der Waals surface area contributed by atoms with E-state index in [0.29, 0.717) is 18.3 Å². The van der Waals surface area contributed by atoms with Gasteiger partial charge in [0.2, 0.25) is 11.8 Å². The molecule has 1 aromatic rings. The molecule has 0 amide bonds. The normalized spacial score (nSPS) is 13.1. The molecule has 0 aliphatic rings. The Morgan fingerprint density at radius 2 is 2.29 bits per heavy atom. The molecule has 0 aromatic carbocycles. The summed E-state index contributed by atoms with van der Waals surface area (Å²) < 4.78 is 10.4. The predicted octanol–water partition coefficient (Wildman–Crippen LogP) is 1.28. The van der Waals surface area contributed by atoms with Crippen LogP contribution in [0.1, 0.15) is 38.2 Å². The van der Waals surface area contributed by atoms with Gasteiger partial charge >= 0.3 is 0 Å². The van der Waals surface area contributed by atoms with Gasteiger partial charge in [-0.1, -0.05) is 6.92 Å². The summed E-state index contributed by atoms with van der Waals surface area (Å²) in [6.45, 7) is 5.56. The molecule has 1 heterocycles. The largest absolute Gasteiger partial charge is 0.421 e. The molecule has 1 N–H and O–H groups in total. The van der Waals surface area contributed by atoms with E-state index in [2.05, 4.69) is 22.4 Å². The fourth-order valence-corrected chi connectivity index (χ4v) is 0.975. The topological polar surface area (TPSA) is 60.2 Å². The highest BCUT2D eigenvalue weighted by Gasteiger charge is 2.12. The standard InChI is InChI=1S/C9H17N3O2/c1-4-5-10-6-8-11-12-9(14-8)7(2)13-3/h7,10H,4-6H2,1-3H3. The Balaban J connectivity index is 2.42. The summed E-state index contributed by atoms with van der Waals surface area (Å²) in [4.78, 5) is 0. The Bertz CT molecular complexity index is 262. The zero-order chi connectivity index (χ0) is 10.4. The summed E-state index contributed by atoms with van der Waals surface area (Å²) in [6.07, 6.45) is 0.956. The lowest BCUT2D eigenvalue weighted by Crippen LogP contribution is -2.13. The van der Waals surface area contributed by atoms with E-state index in [4.69, 9.17) is 9.15 Å². The van der Waals surface area contributed by atoms with Crippen LogP contribution in [0.25, 0.3) is 0 Å². The van der Waals surface area contributed by atoms with Crippen molar-refractivity contribution in [2.45, 2.75) is 32.9 Å². The lowest BCUT2D eigenvalue weighted by molar-refractivity contribution is 0.0934. The second-order valence-electron chi connectivity index (χ2n) is 3.09. The second-order valence-corrected chi connectivity index (χ2v) is 3.09. The van der Waals surface area contributed by atoms with Gasteiger partial charge in [0, 0.05) is 7.11 Å². The third-order valence-electron chi connectivity index (χ3n) is 1.89. The summed E-state index contributed by atoms with van der Waals surface area (Å²) in [7, 11) is 1.61. The molecule has 1 unspecified atom stereocenters.